The van der Waals surface area contributed by atoms with E-state index in [2.05, 4.69) is 0 Å². The Morgan fingerprint density at radius 2 is 1.05 bits per heavy atom. The molecule has 0 aliphatic carbocycles. The predicted molar refractivity (Wildman–Crippen MR) is 134 cm³/mol. The fourth-order valence-corrected chi connectivity index (χ4v) is 3.64. The van der Waals surface area contributed by atoms with Crippen LogP contribution in [0.2, 0.25) is 0 Å². The normalized spacial score (nSPS) is 30.9. The van der Waals surface area contributed by atoms with Crippen LogP contribution in [0, 0.1) is 17.8 Å². The van der Waals surface area contributed by atoms with Crippen molar-refractivity contribution in [2.24, 2.45) is 17.8 Å². The van der Waals surface area contributed by atoms with Gasteiger partial charge < -0.3 is 75.5 Å². The molecule has 0 saturated carbocycles. The highest BCUT2D eigenvalue weighted by atomic mass is 16.5. The molecule has 0 radical (unpaired) electrons. The number of aliphatic hydroxyl groups is 12. The molecular formula is C24H38O18. The van der Waals surface area contributed by atoms with Crippen molar-refractivity contribution < 1.29 is 89.9 Å². The first-order valence-corrected chi connectivity index (χ1v) is 12.5. The fourth-order valence-electron chi connectivity index (χ4n) is 3.64. The summed E-state index contributed by atoms with van der Waals surface area (Å²) in [6.07, 6.45) is -7.10. The van der Waals surface area contributed by atoms with Crippen LogP contribution in [-0.4, -0.2) is 169 Å². The predicted octanol–water partition coefficient (Wildman–Crippen LogP) is -4.96. The third-order valence-electron chi connectivity index (χ3n) is 6.38. The number of hydrogen-bond donors (Lipinski definition) is 12. The van der Waals surface area contributed by atoms with Crippen LogP contribution in [0.4, 0.5) is 0 Å². The van der Waals surface area contributed by atoms with E-state index in [1.165, 1.54) is 0 Å². The summed E-state index contributed by atoms with van der Waals surface area (Å²) >= 11 is 0. The van der Waals surface area contributed by atoms with Crippen molar-refractivity contribution in [3.63, 3.8) is 0 Å². The second-order valence-electron chi connectivity index (χ2n) is 9.41. The first-order valence-electron chi connectivity index (χ1n) is 12.5. The summed E-state index contributed by atoms with van der Waals surface area (Å²) in [6, 6.07) is 0. The number of carbonyl (C=O) groups is 3. The number of ether oxygens (including phenoxy) is 3. The average Bonchev–Trinajstić information content (AvgIpc) is 3.20. The molecule has 0 bridgehead atoms. The Morgan fingerprint density at radius 1 is 0.643 bits per heavy atom. The standard InChI is InChI=1S/2C8H12O6.C8H14O6/c2*9-1-5(10)4-2-14-3-6(11)8(13)7(4)12;9-1-4-2-14-3-5(10)7(12)8(13)6(4)11/h2*4-5,9-10,12-13H,1-3H2;4,6-9,11-13H,1-3H2. The molecule has 0 aromatic heterocycles. The molecule has 12 N–H and O–H groups in total. The van der Waals surface area contributed by atoms with Gasteiger partial charge in [0.05, 0.1) is 69.8 Å². The van der Waals surface area contributed by atoms with Gasteiger partial charge >= 0.3 is 0 Å². The number of Topliss-reactive ketones (excluding diaryl/α,β-unsaturated/α-hetero) is 3. The van der Waals surface area contributed by atoms with Gasteiger partial charge in [-0.1, -0.05) is 0 Å². The molecule has 0 aromatic rings. The van der Waals surface area contributed by atoms with Gasteiger partial charge in [-0.2, -0.15) is 0 Å². The molecule has 3 rings (SSSR count). The Morgan fingerprint density at radius 3 is 1.43 bits per heavy atom. The van der Waals surface area contributed by atoms with Gasteiger partial charge in [0.1, 0.15) is 43.5 Å². The van der Waals surface area contributed by atoms with Gasteiger partial charge in [-0.3, -0.25) is 14.4 Å². The summed E-state index contributed by atoms with van der Waals surface area (Å²) in [4.78, 5) is 32.9. The summed E-state index contributed by atoms with van der Waals surface area (Å²) in [7, 11) is 0. The number of ketones is 3. The maximum Gasteiger partial charge on any atom is 0.226 e. The van der Waals surface area contributed by atoms with Gasteiger partial charge in [-0.15, -0.1) is 0 Å². The summed E-state index contributed by atoms with van der Waals surface area (Å²) < 4.78 is 14.4. The lowest BCUT2D eigenvalue weighted by Gasteiger charge is -2.30. The van der Waals surface area contributed by atoms with Gasteiger partial charge in [-0.25, -0.2) is 0 Å². The van der Waals surface area contributed by atoms with Gasteiger partial charge in [0.2, 0.25) is 11.6 Å². The molecular weight excluding hydrogens is 576 g/mol. The lowest BCUT2D eigenvalue weighted by Crippen LogP contribution is -2.50. The molecule has 0 spiro atoms. The van der Waals surface area contributed by atoms with Crippen molar-refractivity contribution in [3.8, 4) is 0 Å². The summed E-state index contributed by atoms with van der Waals surface area (Å²) in [5, 5.41) is 110. The Kier molecular flexibility index (Phi) is 16.0. The third-order valence-corrected chi connectivity index (χ3v) is 6.38. The Labute approximate surface area is 238 Å². The smallest absolute Gasteiger partial charge is 0.226 e. The molecule has 1 saturated heterocycles. The molecule has 42 heavy (non-hydrogen) atoms. The molecule has 242 valence electrons. The number of hydrogen-bond acceptors (Lipinski definition) is 18. The summed E-state index contributed by atoms with van der Waals surface area (Å²) in [6.45, 7) is -2.81. The van der Waals surface area contributed by atoms with Gasteiger partial charge in [-0.05, 0) is 0 Å². The molecule has 8 atom stereocenters. The van der Waals surface area contributed by atoms with E-state index in [1.807, 2.05) is 0 Å². The van der Waals surface area contributed by atoms with Gasteiger partial charge in [0.25, 0.3) is 0 Å². The lowest BCUT2D eigenvalue weighted by molar-refractivity contribution is -0.157. The Hall–Kier alpha value is -2.75. The van der Waals surface area contributed by atoms with Crippen LogP contribution < -0.4 is 0 Å². The van der Waals surface area contributed by atoms with Crippen LogP contribution in [0.1, 0.15) is 0 Å². The van der Waals surface area contributed by atoms with Crippen molar-refractivity contribution in [2.45, 2.75) is 30.5 Å². The van der Waals surface area contributed by atoms with E-state index >= 15 is 0 Å². The topological polar surface area (TPSA) is 322 Å². The largest absolute Gasteiger partial charge is 0.508 e. The van der Waals surface area contributed by atoms with Crippen molar-refractivity contribution in [1.82, 2.24) is 0 Å². The summed E-state index contributed by atoms with van der Waals surface area (Å²) in [5.41, 5.74) is 0. The van der Waals surface area contributed by atoms with Crippen LogP contribution in [-0.2, 0) is 28.6 Å². The second-order valence-corrected chi connectivity index (χ2v) is 9.41. The van der Waals surface area contributed by atoms with Crippen molar-refractivity contribution >= 4 is 17.3 Å². The fraction of sp³-hybridized carbons (Fsp3) is 0.708. The van der Waals surface area contributed by atoms with Crippen molar-refractivity contribution in [3.05, 3.63) is 23.0 Å². The maximum atomic E-state index is 11.0. The van der Waals surface area contributed by atoms with Crippen LogP contribution in [0.3, 0.4) is 0 Å². The van der Waals surface area contributed by atoms with E-state index in [9.17, 15) is 50.1 Å². The zero-order valence-corrected chi connectivity index (χ0v) is 22.3. The van der Waals surface area contributed by atoms with Crippen LogP contribution in [0.5, 0.6) is 0 Å². The average molecular weight is 615 g/mol. The van der Waals surface area contributed by atoms with E-state index in [1.54, 1.807) is 0 Å². The van der Waals surface area contributed by atoms with Crippen molar-refractivity contribution in [2.75, 3.05) is 59.5 Å². The second kappa shape index (κ2) is 18.0. The molecule has 3 aliphatic heterocycles. The minimum absolute atomic E-state index is 0.0206. The molecule has 3 heterocycles. The quantitative estimate of drug-likeness (QED) is 0.138. The molecule has 0 aromatic carbocycles. The Balaban J connectivity index is 0.000000315. The minimum Gasteiger partial charge on any atom is -0.508 e. The highest BCUT2D eigenvalue weighted by Gasteiger charge is 2.37. The number of aliphatic hydroxyl groups excluding tert-OH is 12. The first kappa shape index (κ1) is 37.3. The molecule has 18 nitrogen and oxygen atoms in total. The molecule has 1 fully saturated rings. The highest BCUT2D eigenvalue weighted by Crippen LogP contribution is 2.21. The van der Waals surface area contributed by atoms with E-state index in [4.69, 9.17) is 39.7 Å². The van der Waals surface area contributed by atoms with Crippen LogP contribution in [0.15, 0.2) is 23.0 Å². The van der Waals surface area contributed by atoms with Crippen LogP contribution >= 0.6 is 0 Å². The molecule has 0 amide bonds. The monoisotopic (exact) mass is 614 g/mol. The number of carbonyl (C=O) groups excluding carboxylic acids is 3. The molecule has 3 aliphatic rings. The number of rotatable bonds is 5. The first-order chi connectivity index (χ1) is 19.7. The third kappa shape index (κ3) is 10.2. The van der Waals surface area contributed by atoms with Crippen molar-refractivity contribution in [1.29, 1.82) is 0 Å². The van der Waals surface area contributed by atoms with E-state index in [0.29, 0.717) is 0 Å². The van der Waals surface area contributed by atoms with E-state index < -0.39 is 102 Å². The minimum atomic E-state index is -1.65. The van der Waals surface area contributed by atoms with Gasteiger partial charge in [0, 0.05) is 5.92 Å². The summed E-state index contributed by atoms with van der Waals surface area (Å²) in [5.74, 6) is -7.65. The van der Waals surface area contributed by atoms with E-state index in [0.717, 1.165) is 0 Å². The lowest BCUT2D eigenvalue weighted by atomic mass is 9.93. The zero-order valence-electron chi connectivity index (χ0n) is 22.3. The highest BCUT2D eigenvalue weighted by molar-refractivity contribution is 5.95. The maximum absolute atomic E-state index is 11.0. The SMILES string of the molecule is O=C1COCC(C(O)CO)C(O)=C1O.O=C1COCC(C(O)CO)C(O)=C1O.O=C1COCC(CO)C(O)C(O)C1O. The molecule has 8 unspecified atom stereocenters. The Bertz CT molecular complexity index is 909. The van der Waals surface area contributed by atoms with Crippen LogP contribution in [0.25, 0.3) is 0 Å². The zero-order chi connectivity index (χ0) is 32.1. The molecule has 18 heteroatoms. The van der Waals surface area contributed by atoms with Gasteiger partial charge in [0.15, 0.2) is 17.3 Å². The van der Waals surface area contributed by atoms with E-state index in [-0.39, 0.29) is 46.2 Å².